The number of hydrogen-bond donors (Lipinski definition) is 1. The Hall–Kier alpha value is -2.73. The first-order valence-corrected chi connectivity index (χ1v) is 10.0. The molecule has 1 aromatic heterocycles. The fraction of sp³-hybridized carbons (Fsp3) is 0.318. The lowest BCUT2D eigenvalue weighted by Gasteiger charge is -2.25. The summed E-state index contributed by atoms with van der Waals surface area (Å²) >= 11 is 5.41. The fourth-order valence-corrected chi connectivity index (χ4v) is 4.09. The number of nitrogens with one attached hydrogen (secondary N) is 1. The molecule has 0 aliphatic carbocycles. The number of benzene rings is 2. The van der Waals surface area contributed by atoms with Crippen LogP contribution in [0.4, 0.5) is 0 Å². The van der Waals surface area contributed by atoms with E-state index >= 15 is 0 Å². The van der Waals surface area contributed by atoms with E-state index < -0.39 is 0 Å². The van der Waals surface area contributed by atoms with Crippen LogP contribution in [-0.4, -0.2) is 32.1 Å². The highest BCUT2D eigenvalue weighted by molar-refractivity contribution is 7.71. The van der Waals surface area contributed by atoms with Gasteiger partial charge in [-0.05, 0) is 50.5 Å². The van der Waals surface area contributed by atoms with Gasteiger partial charge in [-0.15, -0.1) is 0 Å². The van der Waals surface area contributed by atoms with Crippen molar-refractivity contribution in [2.75, 3.05) is 6.54 Å². The number of carbonyl (C=O) groups is 1. The monoisotopic (exact) mass is 392 g/mol. The van der Waals surface area contributed by atoms with Crippen LogP contribution in [0.15, 0.2) is 48.5 Å². The second-order valence-electron chi connectivity index (χ2n) is 7.46. The van der Waals surface area contributed by atoms with Crippen molar-refractivity contribution in [2.45, 2.75) is 39.3 Å². The van der Waals surface area contributed by atoms with Crippen molar-refractivity contribution < 1.29 is 4.79 Å². The van der Waals surface area contributed by atoms with E-state index in [1.807, 2.05) is 30.0 Å². The molecule has 1 saturated heterocycles. The smallest absolute Gasteiger partial charge is 0.243 e. The third-order valence-corrected chi connectivity index (χ3v) is 5.67. The molecule has 0 bridgehead atoms. The summed E-state index contributed by atoms with van der Waals surface area (Å²) < 4.78 is 2.27. The van der Waals surface area contributed by atoms with Crippen LogP contribution in [0.2, 0.25) is 0 Å². The molecule has 2 aromatic carbocycles. The molecule has 0 saturated carbocycles. The Bertz CT molecular complexity index is 1050. The second kappa shape index (κ2) is 7.72. The molecule has 28 heavy (non-hydrogen) atoms. The summed E-state index contributed by atoms with van der Waals surface area (Å²) in [5, 5.41) is 7.21. The predicted molar refractivity (Wildman–Crippen MR) is 112 cm³/mol. The maximum atomic E-state index is 13.2. The van der Waals surface area contributed by atoms with Gasteiger partial charge < -0.3 is 4.90 Å². The van der Waals surface area contributed by atoms with E-state index in [4.69, 9.17) is 12.2 Å². The average Bonchev–Trinajstić information content (AvgIpc) is 3.30. The van der Waals surface area contributed by atoms with E-state index in [1.54, 1.807) is 4.57 Å². The summed E-state index contributed by atoms with van der Waals surface area (Å²) in [4.78, 5) is 15.2. The summed E-state index contributed by atoms with van der Waals surface area (Å²) in [5.74, 6) is 0.780. The van der Waals surface area contributed by atoms with Crippen LogP contribution in [0.25, 0.3) is 11.4 Å². The number of aromatic amines is 1. The molecule has 144 valence electrons. The van der Waals surface area contributed by atoms with Gasteiger partial charge in [0, 0.05) is 12.1 Å². The topological polar surface area (TPSA) is 53.9 Å². The van der Waals surface area contributed by atoms with Gasteiger partial charge in [-0.3, -0.25) is 14.5 Å². The molecule has 3 aromatic rings. The van der Waals surface area contributed by atoms with Gasteiger partial charge >= 0.3 is 0 Å². The molecule has 5 nitrogen and oxygen atoms in total. The predicted octanol–water partition coefficient (Wildman–Crippen LogP) is 4.59. The summed E-state index contributed by atoms with van der Waals surface area (Å²) in [6.45, 7) is 5.09. The largest absolute Gasteiger partial charge is 0.334 e. The van der Waals surface area contributed by atoms with E-state index in [-0.39, 0.29) is 18.5 Å². The summed E-state index contributed by atoms with van der Waals surface area (Å²) in [5.41, 5.74) is 4.53. The minimum absolute atomic E-state index is 0.0782. The number of hydrogen-bond acceptors (Lipinski definition) is 3. The summed E-state index contributed by atoms with van der Waals surface area (Å²) in [6, 6.07) is 16.7. The molecule has 2 heterocycles. The molecule has 1 aliphatic heterocycles. The van der Waals surface area contributed by atoms with Crippen molar-refractivity contribution >= 4 is 18.1 Å². The van der Waals surface area contributed by atoms with Crippen molar-refractivity contribution in [1.82, 2.24) is 19.7 Å². The van der Waals surface area contributed by atoms with E-state index in [0.717, 1.165) is 30.5 Å². The van der Waals surface area contributed by atoms with Crippen LogP contribution in [0.5, 0.6) is 0 Å². The zero-order valence-electron chi connectivity index (χ0n) is 16.2. The molecule has 1 fully saturated rings. The zero-order valence-corrected chi connectivity index (χ0v) is 17.0. The van der Waals surface area contributed by atoms with Crippen LogP contribution in [0, 0.1) is 18.6 Å². The molecule has 1 atom stereocenters. The molecular formula is C22H24N4OS. The van der Waals surface area contributed by atoms with E-state index in [9.17, 15) is 4.79 Å². The molecule has 0 spiro atoms. The van der Waals surface area contributed by atoms with E-state index in [2.05, 4.69) is 47.5 Å². The van der Waals surface area contributed by atoms with Crippen LogP contribution >= 0.6 is 12.2 Å². The Kier molecular flexibility index (Phi) is 5.13. The third-order valence-electron chi connectivity index (χ3n) is 5.36. The van der Waals surface area contributed by atoms with Crippen molar-refractivity contribution in [3.05, 3.63) is 70.0 Å². The third kappa shape index (κ3) is 3.64. The number of likely N-dealkylation sites (tertiary alicyclic amines) is 1. The lowest BCUT2D eigenvalue weighted by atomic mass is 10.0. The highest BCUT2D eigenvalue weighted by Crippen LogP contribution is 2.32. The number of rotatable bonds is 4. The van der Waals surface area contributed by atoms with Crippen molar-refractivity contribution in [2.24, 2.45) is 0 Å². The molecule has 0 radical (unpaired) electrons. The van der Waals surface area contributed by atoms with Crippen molar-refractivity contribution in [3.63, 3.8) is 0 Å². The van der Waals surface area contributed by atoms with Crippen molar-refractivity contribution in [3.8, 4) is 11.4 Å². The number of amides is 1. The first-order chi connectivity index (χ1) is 13.5. The number of carbonyl (C=O) groups excluding carboxylic acids is 1. The number of aryl methyl sites for hydroxylation is 2. The summed E-state index contributed by atoms with van der Waals surface area (Å²) in [7, 11) is 0. The van der Waals surface area contributed by atoms with Gasteiger partial charge in [0.05, 0.1) is 6.04 Å². The van der Waals surface area contributed by atoms with Crippen LogP contribution in [0.1, 0.15) is 35.6 Å². The Morgan fingerprint density at radius 2 is 1.96 bits per heavy atom. The minimum atomic E-state index is 0.0782. The van der Waals surface area contributed by atoms with Gasteiger partial charge in [-0.25, -0.2) is 0 Å². The standard InChI is InChI=1S/C22H24N4OS/c1-15-8-10-17(11-9-15)19-7-4-12-25(19)20(27)14-26-21(23-24-22(26)28)18-6-3-5-16(2)13-18/h3,5-6,8-11,13,19H,4,7,12,14H2,1-2H3,(H,24,28). The number of aromatic nitrogens is 3. The SMILES string of the molecule is Cc1ccc(C2CCCN2C(=O)Cn2c(-c3cccc(C)c3)n[nH]c2=S)cc1. The van der Waals surface area contributed by atoms with Crippen LogP contribution in [-0.2, 0) is 11.3 Å². The van der Waals surface area contributed by atoms with Crippen LogP contribution < -0.4 is 0 Å². The number of H-pyrrole nitrogens is 1. The maximum absolute atomic E-state index is 13.2. The Balaban J connectivity index is 1.59. The van der Waals surface area contributed by atoms with E-state index in [1.165, 1.54) is 11.1 Å². The zero-order chi connectivity index (χ0) is 19.7. The highest BCUT2D eigenvalue weighted by atomic mass is 32.1. The van der Waals surface area contributed by atoms with Gasteiger partial charge in [0.2, 0.25) is 5.91 Å². The van der Waals surface area contributed by atoms with Crippen LogP contribution in [0.3, 0.4) is 0 Å². The molecular weight excluding hydrogens is 368 g/mol. The summed E-state index contributed by atoms with van der Waals surface area (Å²) in [6.07, 6.45) is 2.02. The van der Waals surface area contributed by atoms with Gasteiger partial charge in [-0.1, -0.05) is 53.6 Å². The fourth-order valence-electron chi connectivity index (χ4n) is 3.90. The lowest BCUT2D eigenvalue weighted by Crippen LogP contribution is -2.33. The molecule has 1 amide bonds. The quantitative estimate of drug-likeness (QED) is 0.661. The lowest BCUT2D eigenvalue weighted by molar-refractivity contribution is -0.132. The first kappa shape index (κ1) is 18.6. The van der Waals surface area contributed by atoms with Gasteiger partial charge in [0.1, 0.15) is 6.54 Å². The molecule has 1 unspecified atom stereocenters. The maximum Gasteiger partial charge on any atom is 0.243 e. The highest BCUT2D eigenvalue weighted by Gasteiger charge is 2.30. The van der Waals surface area contributed by atoms with Gasteiger partial charge in [0.25, 0.3) is 0 Å². The molecule has 1 aliphatic rings. The van der Waals surface area contributed by atoms with Gasteiger partial charge in [-0.2, -0.15) is 5.10 Å². The Labute approximate surface area is 170 Å². The molecule has 4 rings (SSSR count). The van der Waals surface area contributed by atoms with Gasteiger partial charge in [0.15, 0.2) is 10.6 Å². The molecule has 1 N–H and O–H groups in total. The minimum Gasteiger partial charge on any atom is -0.334 e. The average molecular weight is 393 g/mol. The first-order valence-electron chi connectivity index (χ1n) is 9.61. The molecule has 6 heteroatoms. The Morgan fingerprint density at radius 3 is 2.71 bits per heavy atom. The second-order valence-corrected chi connectivity index (χ2v) is 7.85. The Morgan fingerprint density at radius 1 is 1.18 bits per heavy atom. The van der Waals surface area contributed by atoms with Crippen molar-refractivity contribution in [1.29, 1.82) is 0 Å². The van der Waals surface area contributed by atoms with E-state index in [0.29, 0.717) is 10.6 Å². The number of nitrogens with zero attached hydrogens (tertiary/aromatic N) is 3. The normalized spacial score (nSPS) is 16.5.